The second-order valence-corrected chi connectivity index (χ2v) is 6.91. The first kappa shape index (κ1) is 13.8. The van der Waals surface area contributed by atoms with Crippen molar-refractivity contribution >= 4 is 16.4 Å². The van der Waals surface area contributed by atoms with Crippen LogP contribution < -0.4 is 4.57 Å². The largest absolute Gasteiger partial charge is 0.318 e. The molecule has 2 heteroatoms. The van der Waals surface area contributed by atoms with E-state index < -0.39 is 0 Å². The highest BCUT2D eigenvalue weighted by atomic mass is 15.1. The molecule has 0 aromatic carbocycles. The summed E-state index contributed by atoms with van der Waals surface area (Å²) in [5, 5.41) is 1.35. The van der Waals surface area contributed by atoms with Crippen molar-refractivity contribution in [3.8, 4) is 0 Å². The summed E-state index contributed by atoms with van der Waals surface area (Å²) >= 11 is 0. The van der Waals surface area contributed by atoms with Gasteiger partial charge in [0.05, 0.1) is 10.8 Å². The fraction of sp³-hybridized carbons (Fsp3) is 0.450. The van der Waals surface area contributed by atoms with Crippen molar-refractivity contribution in [2.75, 3.05) is 0 Å². The van der Waals surface area contributed by atoms with E-state index in [1.165, 1.54) is 22.0 Å². The Hall–Kier alpha value is -1.83. The van der Waals surface area contributed by atoms with E-state index in [9.17, 15) is 0 Å². The van der Waals surface area contributed by atoms with Crippen molar-refractivity contribution in [3.05, 3.63) is 48.4 Å². The Morgan fingerprint density at radius 2 is 1.73 bits per heavy atom. The van der Waals surface area contributed by atoms with Crippen LogP contribution in [-0.4, -0.2) is 4.40 Å². The molecule has 22 heavy (non-hydrogen) atoms. The number of pyridine rings is 2. The molecule has 0 radical (unpaired) electrons. The van der Waals surface area contributed by atoms with Gasteiger partial charge in [-0.2, -0.15) is 4.57 Å². The quantitative estimate of drug-likeness (QED) is 0.625. The lowest BCUT2D eigenvalue weighted by molar-refractivity contribution is -0.755. The van der Waals surface area contributed by atoms with Crippen molar-refractivity contribution in [2.24, 2.45) is 0 Å². The van der Waals surface area contributed by atoms with E-state index in [4.69, 9.17) is 0 Å². The average Bonchev–Trinajstić information content (AvgIpc) is 3.00. The first-order chi connectivity index (χ1) is 10.6. The molecule has 1 aliphatic rings. The molecule has 0 amide bonds. The van der Waals surface area contributed by atoms with E-state index in [0.29, 0.717) is 0 Å². The van der Waals surface area contributed by atoms with Gasteiger partial charge in [0.25, 0.3) is 0 Å². The van der Waals surface area contributed by atoms with Gasteiger partial charge in [0.1, 0.15) is 5.52 Å². The maximum atomic E-state index is 2.59. The minimum atomic E-state index is 0.150. The maximum absolute atomic E-state index is 2.59. The fourth-order valence-electron chi connectivity index (χ4n) is 5.10. The number of hydrogen-bond acceptors (Lipinski definition) is 0. The van der Waals surface area contributed by atoms with Gasteiger partial charge in [0.15, 0.2) is 11.7 Å². The number of aromatic nitrogens is 2. The summed E-state index contributed by atoms with van der Waals surface area (Å²) in [7, 11) is 0. The lowest BCUT2D eigenvalue weighted by atomic mass is 9.60. The molecular weight excluding hydrogens is 268 g/mol. The molecule has 0 bridgehead atoms. The summed E-state index contributed by atoms with van der Waals surface area (Å²) < 4.78 is 4.89. The Bertz CT molecular complexity index is 870. The Kier molecular flexibility index (Phi) is 2.73. The van der Waals surface area contributed by atoms with Crippen molar-refractivity contribution in [1.29, 1.82) is 0 Å². The first-order valence-electron chi connectivity index (χ1n) is 8.58. The van der Waals surface area contributed by atoms with E-state index in [0.717, 1.165) is 19.3 Å². The van der Waals surface area contributed by atoms with Gasteiger partial charge in [-0.3, -0.25) is 0 Å². The summed E-state index contributed by atoms with van der Waals surface area (Å²) in [6, 6.07) is 9.05. The number of hydrogen-bond donors (Lipinski definition) is 0. The molecule has 0 fully saturated rings. The SMILES string of the molecule is CCC1(C)c2ccn3ccc4ccc[n+](c4c23)C1(CC)CC. The molecule has 3 aromatic heterocycles. The van der Waals surface area contributed by atoms with Crippen LogP contribution in [0.25, 0.3) is 16.4 Å². The highest BCUT2D eigenvalue weighted by Gasteiger charge is 2.57. The Labute approximate surface area is 132 Å². The molecule has 4 heterocycles. The minimum absolute atomic E-state index is 0.150. The molecule has 0 N–H and O–H groups in total. The summed E-state index contributed by atoms with van der Waals surface area (Å²) in [5.74, 6) is 0. The normalized spacial score (nSPS) is 22.7. The molecule has 4 rings (SSSR count). The van der Waals surface area contributed by atoms with Crippen LogP contribution in [0.4, 0.5) is 0 Å². The fourth-order valence-corrected chi connectivity index (χ4v) is 5.10. The Balaban J connectivity index is 2.30. The van der Waals surface area contributed by atoms with Crippen LogP contribution in [0, 0.1) is 0 Å². The lowest BCUT2D eigenvalue weighted by Crippen LogP contribution is -2.67. The van der Waals surface area contributed by atoms with Crippen molar-refractivity contribution in [1.82, 2.24) is 4.40 Å². The van der Waals surface area contributed by atoms with Crippen LogP contribution in [0.5, 0.6) is 0 Å². The van der Waals surface area contributed by atoms with Crippen LogP contribution >= 0.6 is 0 Å². The Morgan fingerprint density at radius 3 is 2.41 bits per heavy atom. The highest BCUT2D eigenvalue weighted by Crippen LogP contribution is 2.50. The van der Waals surface area contributed by atoms with Crippen molar-refractivity contribution in [2.45, 2.75) is 57.9 Å². The molecule has 2 nitrogen and oxygen atoms in total. The molecule has 114 valence electrons. The molecule has 1 atom stereocenters. The van der Waals surface area contributed by atoms with Gasteiger partial charge in [-0.1, -0.05) is 20.8 Å². The van der Waals surface area contributed by atoms with Crippen LogP contribution in [0.15, 0.2) is 42.9 Å². The van der Waals surface area contributed by atoms with Crippen LogP contribution in [0.2, 0.25) is 0 Å². The van der Waals surface area contributed by atoms with Gasteiger partial charge in [0.2, 0.25) is 5.52 Å². The highest BCUT2D eigenvalue weighted by molar-refractivity contribution is 5.93. The monoisotopic (exact) mass is 293 g/mol. The zero-order chi connectivity index (χ0) is 15.5. The number of nitrogens with zero attached hydrogens (tertiary/aromatic N) is 2. The van der Waals surface area contributed by atoms with Crippen LogP contribution in [0.1, 0.15) is 52.5 Å². The van der Waals surface area contributed by atoms with Crippen LogP contribution in [-0.2, 0) is 11.0 Å². The second kappa shape index (κ2) is 4.34. The summed E-state index contributed by atoms with van der Waals surface area (Å²) in [4.78, 5) is 0. The predicted molar refractivity (Wildman–Crippen MR) is 91.3 cm³/mol. The van der Waals surface area contributed by atoms with Gasteiger partial charge in [-0.15, -0.1) is 0 Å². The molecule has 0 saturated heterocycles. The topological polar surface area (TPSA) is 8.29 Å². The van der Waals surface area contributed by atoms with Gasteiger partial charge < -0.3 is 4.40 Å². The molecule has 3 aromatic rings. The van der Waals surface area contributed by atoms with Gasteiger partial charge in [0, 0.05) is 31.3 Å². The first-order valence-corrected chi connectivity index (χ1v) is 8.58. The molecule has 0 saturated carbocycles. The molecular formula is C20H25N2+. The van der Waals surface area contributed by atoms with Gasteiger partial charge in [-0.05, 0) is 37.1 Å². The summed E-state index contributed by atoms with van der Waals surface area (Å²) in [5.41, 5.74) is 4.64. The van der Waals surface area contributed by atoms with Gasteiger partial charge >= 0.3 is 0 Å². The summed E-state index contributed by atoms with van der Waals surface area (Å²) in [6.45, 7) is 9.52. The van der Waals surface area contributed by atoms with E-state index in [1.54, 1.807) is 0 Å². The molecule has 0 spiro atoms. The van der Waals surface area contributed by atoms with E-state index in [1.807, 2.05) is 0 Å². The van der Waals surface area contributed by atoms with Crippen molar-refractivity contribution < 1.29 is 4.57 Å². The molecule has 1 unspecified atom stereocenters. The zero-order valence-electron chi connectivity index (χ0n) is 14.1. The average molecular weight is 293 g/mol. The predicted octanol–water partition coefficient (Wildman–Crippen LogP) is 4.58. The lowest BCUT2D eigenvalue weighted by Gasteiger charge is -2.45. The third-order valence-electron chi connectivity index (χ3n) is 6.54. The van der Waals surface area contributed by atoms with E-state index in [2.05, 4.69) is 79.5 Å². The number of rotatable bonds is 3. The summed E-state index contributed by atoms with van der Waals surface area (Å²) in [6.07, 6.45) is 10.2. The second-order valence-electron chi connectivity index (χ2n) is 6.91. The molecule has 0 aliphatic carbocycles. The minimum Gasteiger partial charge on any atom is -0.318 e. The zero-order valence-corrected chi connectivity index (χ0v) is 14.1. The van der Waals surface area contributed by atoms with Gasteiger partial charge in [-0.25, -0.2) is 0 Å². The standard InChI is InChI=1S/C20H25N2/c1-5-19(4)16-11-14-21-13-10-15-9-8-12-22(17(15)18(16)21)20(19,6-2)7-3/h8-14H,5-7H2,1-4H3/q+1. The van der Waals surface area contributed by atoms with Crippen LogP contribution in [0.3, 0.4) is 0 Å². The third-order valence-corrected chi connectivity index (χ3v) is 6.54. The van der Waals surface area contributed by atoms with E-state index >= 15 is 0 Å². The third kappa shape index (κ3) is 1.30. The van der Waals surface area contributed by atoms with E-state index in [-0.39, 0.29) is 11.0 Å². The van der Waals surface area contributed by atoms with Crippen molar-refractivity contribution in [3.63, 3.8) is 0 Å². The Morgan fingerprint density at radius 1 is 1.00 bits per heavy atom. The smallest absolute Gasteiger partial charge is 0.237 e. The maximum Gasteiger partial charge on any atom is 0.237 e. The molecule has 1 aliphatic heterocycles.